The van der Waals surface area contributed by atoms with Crippen molar-refractivity contribution in [2.75, 3.05) is 25.7 Å². The molecule has 2 N–H and O–H groups in total. The smallest absolute Gasteiger partial charge is 0.303 e. The van der Waals surface area contributed by atoms with E-state index in [0.717, 1.165) is 11.1 Å². The fraction of sp³-hybridized carbons (Fsp3) is 0.500. The van der Waals surface area contributed by atoms with Gasteiger partial charge in [-0.2, -0.15) is 0 Å². The van der Waals surface area contributed by atoms with Gasteiger partial charge in [0, 0.05) is 12.3 Å². The number of benzene rings is 2. The molecule has 0 radical (unpaired) electrons. The first-order valence-corrected chi connectivity index (χ1v) is 10.3. The highest BCUT2D eigenvalue weighted by Crippen LogP contribution is 2.33. The molecule has 0 bridgehead atoms. The lowest BCUT2D eigenvalue weighted by Gasteiger charge is -2.26. The van der Waals surface area contributed by atoms with E-state index in [1.807, 2.05) is 48.5 Å². The highest BCUT2D eigenvalue weighted by atomic mass is 35.5. The number of carbonyl (C=O) groups is 1. The standard InChI is InChI=1S/C23H29ClO6.3CH4/c1-16(26)30-22(12-24)15-29-21-10-6-18(7-11-21)23(2,3)17-4-8-20(9-5-17)28-14-19(27)13-25;;;/h4-11,19,22,25,27H,12-15H2,1-3H3;3*1H4/t19-,22-;;;/m1.../s1. The quantitative estimate of drug-likeness (QED) is 0.336. The summed E-state index contributed by atoms with van der Waals surface area (Å²) in [6, 6.07) is 15.4. The summed E-state index contributed by atoms with van der Waals surface area (Å²) in [7, 11) is 0. The number of hydrogen-bond donors (Lipinski definition) is 2. The minimum Gasteiger partial charge on any atom is -0.491 e. The number of esters is 1. The first-order valence-electron chi connectivity index (χ1n) is 9.75. The summed E-state index contributed by atoms with van der Waals surface area (Å²) in [6.45, 7) is 5.49. The largest absolute Gasteiger partial charge is 0.491 e. The molecule has 2 rings (SSSR count). The Morgan fingerprint density at radius 2 is 1.33 bits per heavy atom. The van der Waals surface area contributed by atoms with Crippen molar-refractivity contribution in [2.24, 2.45) is 0 Å². The van der Waals surface area contributed by atoms with E-state index in [9.17, 15) is 9.90 Å². The average Bonchev–Trinajstić information content (AvgIpc) is 2.75. The Bertz CT molecular complexity index is 789. The van der Waals surface area contributed by atoms with Crippen molar-refractivity contribution >= 4 is 17.6 Å². The zero-order valence-corrected chi connectivity index (χ0v) is 18.3. The molecule has 0 heterocycles. The number of ether oxygens (including phenoxy) is 3. The van der Waals surface area contributed by atoms with E-state index in [4.69, 9.17) is 30.9 Å². The minimum atomic E-state index is -0.893. The highest BCUT2D eigenvalue weighted by molar-refractivity contribution is 6.18. The molecular weight excluding hydrogens is 444 g/mol. The van der Waals surface area contributed by atoms with E-state index in [0.29, 0.717) is 11.5 Å². The molecule has 0 spiro atoms. The van der Waals surface area contributed by atoms with Gasteiger partial charge in [0.15, 0.2) is 0 Å². The van der Waals surface area contributed by atoms with Crippen LogP contribution in [-0.2, 0) is 14.9 Å². The van der Waals surface area contributed by atoms with Gasteiger partial charge in [-0.25, -0.2) is 0 Å². The van der Waals surface area contributed by atoms with Crippen LogP contribution in [0.15, 0.2) is 48.5 Å². The summed E-state index contributed by atoms with van der Waals surface area (Å²) in [5.74, 6) is 1.08. The summed E-state index contributed by atoms with van der Waals surface area (Å²) < 4.78 is 16.2. The SMILES string of the molecule is C.C.C.CC(=O)O[C@H](CCl)COc1ccc(C(C)(C)c2ccc(OC[C@H](O)CO)cc2)cc1. The average molecular weight is 485 g/mol. The molecule has 0 aliphatic carbocycles. The van der Waals surface area contributed by atoms with Crippen molar-refractivity contribution in [1.82, 2.24) is 0 Å². The summed E-state index contributed by atoms with van der Waals surface area (Å²) >= 11 is 5.79. The van der Waals surface area contributed by atoms with Crippen molar-refractivity contribution in [3.05, 3.63) is 59.7 Å². The molecule has 2 atom stereocenters. The number of hydrogen-bond acceptors (Lipinski definition) is 6. The Labute approximate surface area is 204 Å². The maximum Gasteiger partial charge on any atom is 0.303 e. The van der Waals surface area contributed by atoms with E-state index in [1.54, 1.807) is 0 Å². The first kappa shape index (κ1) is 32.9. The molecule has 0 saturated carbocycles. The highest BCUT2D eigenvalue weighted by Gasteiger charge is 2.23. The van der Waals surface area contributed by atoms with Gasteiger partial charge in [-0.1, -0.05) is 60.4 Å². The molecule has 33 heavy (non-hydrogen) atoms. The van der Waals surface area contributed by atoms with Gasteiger partial charge in [0.25, 0.3) is 0 Å². The van der Waals surface area contributed by atoms with Crippen LogP contribution in [0.5, 0.6) is 11.5 Å². The molecule has 6 nitrogen and oxygen atoms in total. The molecule has 0 aliphatic rings. The number of rotatable bonds is 11. The van der Waals surface area contributed by atoms with Gasteiger partial charge < -0.3 is 24.4 Å². The number of alkyl halides is 1. The molecule has 0 aliphatic heterocycles. The second-order valence-electron chi connectivity index (χ2n) is 7.52. The van der Waals surface area contributed by atoms with Gasteiger partial charge >= 0.3 is 5.97 Å². The number of halogens is 1. The Kier molecular flexibility index (Phi) is 15.5. The maximum atomic E-state index is 11.0. The fourth-order valence-electron chi connectivity index (χ4n) is 2.88. The van der Waals surface area contributed by atoms with Crippen molar-refractivity contribution in [1.29, 1.82) is 0 Å². The van der Waals surface area contributed by atoms with E-state index in [1.165, 1.54) is 6.92 Å². The van der Waals surface area contributed by atoms with Gasteiger partial charge in [-0.15, -0.1) is 11.6 Å². The van der Waals surface area contributed by atoms with E-state index >= 15 is 0 Å². The first-order chi connectivity index (χ1) is 14.3. The summed E-state index contributed by atoms with van der Waals surface area (Å²) in [5, 5.41) is 18.2. The normalized spacial score (nSPS) is 12.2. The Balaban J connectivity index is 0. The van der Waals surface area contributed by atoms with Crippen LogP contribution in [0.2, 0.25) is 0 Å². The molecule has 188 valence electrons. The summed E-state index contributed by atoms with van der Waals surface area (Å²) in [4.78, 5) is 11.0. The topological polar surface area (TPSA) is 85.2 Å². The zero-order valence-electron chi connectivity index (χ0n) is 17.5. The minimum absolute atomic E-state index is 0. The zero-order chi connectivity index (χ0) is 22.1. The summed E-state index contributed by atoms with van der Waals surface area (Å²) in [6.07, 6.45) is -1.38. The van der Waals surface area contributed by atoms with Gasteiger partial charge in [0.2, 0.25) is 0 Å². The Hall–Kier alpha value is -2.28. The summed E-state index contributed by atoms with van der Waals surface area (Å²) in [5.41, 5.74) is 1.95. The van der Waals surface area contributed by atoms with E-state index in [-0.39, 0.29) is 59.4 Å². The molecule has 7 heteroatoms. The third-order valence-corrected chi connectivity index (χ3v) is 5.09. The second-order valence-corrected chi connectivity index (χ2v) is 7.83. The van der Waals surface area contributed by atoms with Crippen LogP contribution in [0.4, 0.5) is 0 Å². The van der Waals surface area contributed by atoms with Gasteiger partial charge in [0.1, 0.15) is 36.9 Å². The van der Waals surface area contributed by atoms with Crippen molar-refractivity contribution in [3.8, 4) is 11.5 Å². The van der Waals surface area contributed by atoms with Crippen LogP contribution < -0.4 is 9.47 Å². The van der Waals surface area contributed by atoms with Crippen molar-refractivity contribution in [3.63, 3.8) is 0 Å². The third kappa shape index (κ3) is 10.0. The fourth-order valence-corrected chi connectivity index (χ4v) is 3.03. The molecule has 0 amide bonds. The van der Waals surface area contributed by atoms with Crippen LogP contribution in [-0.4, -0.2) is 54.1 Å². The lowest BCUT2D eigenvalue weighted by Crippen LogP contribution is -2.25. The molecule has 2 aromatic rings. The van der Waals surface area contributed by atoms with Gasteiger partial charge in [-0.3, -0.25) is 4.79 Å². The van der Waals surface area contributed by atoms with Crippen LogP contribution in [0.1, 0.15) is 54.2 Å². The third-order valence-electron chi connectivity index (χ3n) is 4.75. The van der Waals surface area contributed by atoms with Crippen LogP contribution in [0, 0.1) is 0 Å². The van der Waals surface area contributed by atoms with Crippen molar-refractivity contribution < 1.29 is 29.2 Å². The van der Waals surface area contributed by atoms with E-state index in [2.05, 4.69) is 13.8 Å². The molecular formula is C26H41ClO6. The van der Waals surface area contributed by atoms with Crippen LogP contribution in [0.3, 0.4) is 0 Å². The number of carbonyl (C=O) groups excluding carboxylic acids is 1. The predicted octanol–water partition coefficient (Wildman–Crippen LogP) is 5.20. The van der Waals surface area contributed by atoms with Gasteiger partial charge in [-0.05, 0) is 35.4 Å². The monoisotopic (exact) mass is 484 g/mol. The number of aliphatic hydroxyl groups excluding tert-OH is 2. The van der Waals surface area contributed by atoms with Crippen LogP contribution in [0.25, 0.3) is 0 Å². The molecule has 2 aromatic carbocycles. The maximum absolute atomic E-state index is 11.0. The predicted molar refractivity (Wildman–Crippen MR) is 136 cm³/mol. The molecule has 0 aromatic heterocycles. The Morgan fingerprint density at radius 3 is 1.70 bits per heavy atom. The van der Waals surface area contributed by atoms with E-state index < -0.39 is 12.2 Å². The van der Waals surface area contributed by atoms with Crippen molar-refractivity contribution in [2.45, 2.75) is 60.7 Å². The van der Waals surface area contributed by atoms with Gasteiger partial charge in [0.05, 0.1) is 12.5 Å². The van der Waals surface area contributed by atoms with Crippen LogP contribution >= 0.6 is 11.6 Å². The molecule has 0 saturated heterocycles. The molecule has 0 fully saturated rings. The lowest BCUT2D eigenvalue weighted by molar-refractivity contribution is -0.146. The number of aliphatic hydroxyl groups is 2. The lowest BCUT2D eigenvalue weighted by atomic mass is 9.78. The second kappa shape index (κ2) is 15.5. The molecule has 0 unspecified atom stereocenters. The Morgan fingerprint density at radius 1 is 0.909 bits per heavy atom.